The first kappa shape index (κ1) is 14.3. The second-order valence-electron chi connectivity index (χ2n) is 7.13. The van der Waals surface area contributed by atoms with Gasteiger partial charge < -0.3 is 10.4 Å². The van der Waals surface area contributed by atoms with Crippen molar-refractivity contribution in [2.75, 3.05) is 6.61 Å². The average Bonchev–Trinajstić information content (AvgIpc) is 2.56. The van der Waals surface area contributed by atoms with E-state index in [4.69, 9.17) is 0 Å². The quantitative estimate of drug-likeness (QED) is 0.755. The first-order chi connectivity index (χ1) is 8.63. The third-order valence-electron chi connectivity index (χ3n) is 4.95. The van der Waals surface area contributed by atoms with E-state index in [2.05, 4.69) is 19.2 Å². The Morgan fingerprint density at radius 2 is 1.56 bits per heavy atom. The largest absolute Gasteiger partial charge is 0.394 e. The van der Waals surface area contributed by atoms with Crippen molar-refractivity contribution in [2.45, 2.75) is 83.2 Å². The molecule has 0 radical (unpaired) electrons. The number of aliphatic hydroxyl groups excluding tert-OH is 1. The van der Waals surface area contributed by atoms with Gasteiger partial charge in [0.2, 0.25) is 0 Å². The number of hydrogen-bond donors (Lipinski definition) is 2. The summed E-state index contributed by atoms with van der Waals surface area (Å²) in [5.74, 6) is 1.50. The molecule has 0 aromatic rings. The molecule has 2 nitrogen and oxygen atoms in total. The second kappa shape index (κ2) is 6.38. The van der Waals surface area contributed by atoms with Crippen LogP contribution in [0.2, 0.25) is 0 Å². The molecule has 2 aliphatic rings. The Morgan fingerprint density at radius 1 is 1.00 bits per heavy atom. The average molecular weight is 253 g/mol. The summed E-state index contributed by atoms with van der Waals surface area (Å²) in [5, 5.41) is 13.8. The van der Waals surface area contributed by atoms with E-state index < -0.39 is 0 Å². The Kier molecular flexibility index (Phi) is 5.08. The van der Waals surface area contributed by atoms with Crippen LogP contribution >= 0.6 is 0 Å². The topological polar surface area (TPSA) is 32.3 Å². The van der Waals surface area contributed by atoms with E-state index in [-0.39, 0.29) is 5.54 Å². The normalized spacial score (nSPS) is 39.5. The van der Waals surface area contributed by atoms with Crippen molar-refractivity contribution in [3.05, 3.63) is 0 Å². The van der Waals surface area contributed by atoms with Crippen LogP contribution < -0.4 is 5.32 Å². The lowest BCUT2D eigenvalue weighted by atomic mass is 9.71. The van der Waals surface area contributed by atoms with Crippen LogP contribution in [0.4, 0.5) is 0 Å². The second-order valence-corrected chi connectivity index (χ2v) is 7.13. The van der Waals surface area contributed by atoms with Crippen molar-refractivity contribution in [2.24, 2.45) is 11.8 Å². The highest BCUT2D eigenvalue weighted by molar-refractivity contribution is 4.96. The molecule has 2 aliphatic carbocycles. The molecule has 0 aromatic heterocycles. The molecule has 0 bridgehead atoms. The number of rotatable bonds is 3. The minimum absolute atomic E-state index is 0.0199. The molecule has 2 atom stereocenters. The number of aliphatic hydroxyl groups is 1. The van der Waals surface area contributed by atoms with E-state index in [9.17, 15) is 5.11 Å². The maximum absolute atomic E-state index is 9.92. The zero-order valence-electron chi connectivity index (χ0n) is 12.3. The SMILES string of the molecule is CC1CC(C)CC(CO)(NC2CCCCCC2)C1. The predicted octanol–water partition coefficient (Wildman–Crippen LogP) is 3.49. The monoisotopic (exact) mass is 253 g/mol. The lowest BCUT2D eigenvalue weighted by molar-refractivity contribution is 0.0637. The van der Waals surface area contributed by atoms with Gasteiger partial charge in [-0.1, -0.05) is 39.5 Å². The fourth-order valence-electron chi connectivity index (χ4n) is 4.42. The molecule has 2 heteroatoms. The van der Waals surface area contributed by atoms with Crippen LogP contribution in [0.25, 0.3) is 0 Å². The Labute approximate surface area is 113 Å². The van der Waals surface area contributed by atoms with Gasteiger partial charge in [0.15, 0.2) is 0 Å². The van der Waals surface area contributed by atoms with Gasteiger partial charge in [-0.05, 0) is 43.9 Å². The van der Waals surface area contributed by atoms with Crippen LogP contribution in [0.5, 0.6) is 0 Å². The molecule has 0 spiro atoms. The summed E-state index contributed by atoms with van der Waals surface area (Å²) in [6.45, 7) is 5.00. The molecule has 0 amide bonds. The summed E-state index contributed by atoms with van der Waals surface area (Å²) < 4.78 is 0. The highest BCUT2D eigenvalue weighted by Gasteiger charge is 2.38. The van der Waals surface area contributed by atoms with Crippen LogP contribution in [0.15, 0.2) is 0 Å². The minimum Gasteiger partial charge on any atom is -0.394 e. The van der Waals surface area contributed by atoms with Gasteiger partial charge in [-0.2, -0.15) is 0 Å². The summed E-state index contributed by atoms with van der Waals surface area (Å²) >= 11 is 0. The smallest absolute Gasteiger partial charge is 0.0613 e. The Hall–Kier alpha value is -0.0800. The molecule has 0 heterocycles. The van der Waals surface area contributed by atoms with Crippen molar-refractivity contribution in [1.29, 1.82) is 0 Å². The summed E-state index contributed by atoms with van der Waals surface area (Å²) in [5.41, 5.74) is 0.0199. The first-order valence-corrected chi connectivity index (χ1v) is 8.02. The maximum Gasteiger partial charge on any atom is 0.0613 e. The molecule has 18 heavy (non-hydrogen) atoms. The van der Waals surface area contributed by atoms with Gasteiger partial charge in [0.05, 0.1) is 6.61 Å². The van der Waals surface area contributed by atoms with Crippen LogP contribution in [-0.2, 0) is 0 Å². The first-order valence-electron chi connectivity index (χ1n) is 8.02. The van der Waals surface area contributed by atoms with Crippen LogP contribution in [0.3, 0.4) is 0 Å². The highest BCUT2D eigenvalue weighted by Crippen LogP contribution is 2.36. The van der Waals surface area contributed by atoms with Gasteiger partial charge in [0.1, 0.15) is 0 Å². The molecule has 0 aliphatic heterocycles. The summed E-state index contributed by atoms with van der Waals surface area (Å²) in [6.07, 6.45) is 11.8. The zero-order valence-corrected chi connectivity index (χ0v) is 12.3. The van der Waals surface area contributed by atoms with E-state index in [0.29, 0.717) is 12.6 Å². The lowest BCUT2D eigenvalue weighted by Gasteiger charge is -2.44. The molecule has 2 rings (SSSR count). The summed E-state index contributed by atoms with van der Waals surface area (Å²) in [7, 11) is 0. The summed E-state index contributed by atoms with van der Waals surface area (Å²) in [4.78, 5) is 0. The molecule has 0 saturated heterocycles. The predicted molar refractivity (Wildman–Crippen MR) is 76.6 cm³/mol. The van der Waals surface area contributed by atoms with Gasteiger partial charge in [0.25, 0.3) is 0 Å². The van der Waals surface area contributed by atoms with Gasteiger partial charge in [-0.25, -0.2) is 0 Å². The van der Waals surface area contributed by atoms with Crippen LogP contribution in [0, 0.1) is 11.8 Å². The number of hydrogen-bond acceptors (Lipinski definition) is 2. The highest BCUT2D eigenvalue weighted by atomic mass is 16.3. The van der Waals surface area contributed by atoms with Gasteiger partial charge in [-0.15, -0.1) is 0 Å². The van der Waals surface area contributed by atoms with Crippen molar-refractivity contribution in [3.8, 4) is 0 Å². The number of nitrogens with one attached hydrogen (secondary N) is 1. The van der Waals surface area contributed by atoms with Crippen molar-refractivity contribution >= 4 is 0 Å². The van der Waals surface area contributed by atoms with Crippen molar-refractivity contribution in [3.63, 3.8) is 0 Å². The van der Waals surface area contributed by atoms with Crippen molar-refractivity contribution in [1.82, 2.24) is 5.32 Å². The van der Waals surface area contributed by atoms with E-state index >= 15 is 0 Å². The minimum atomic E-state index is 0.0199. The van der Waals surface area contributed by atoms with E-state index in [1.165, 1.54) is 44.9 Å². The fraction of sp³-hybridized carbons (Fsp3) is 1.00. The molecule has 0 aromatic carbocycles. The Bertz CT molecular complexity index is 235. The molecule has 2 fully saturated rings. The van der Waals surface area contributed by atoms with Crippen LogP contribution in [0.1, 0.15) is 71.6 Å². The Morgan fingerprint density at radius 3 is 2.06 bits per heavy atom. The van der Waals surface area contributed by atoms with Gasteiger partial charge >= 0.3 is 0 Å². The summed E-state index contributed by atoms with van der Waals surface area (Å²) in [6, 6.07) is 0.650. The van der Waals surface area contributed by atoms with Crippen molar-refractivity contribution < 1.29 is 5.11 Å². The fourth-order valence-corrected chi connectivity index (χ4v) is 4.42. The maximum atomic E-state index is 9.92. The third-order valence-corrected chi connectivity index (χ3v) is 4.95. The Balaban J connectivity index is 1.97. The van der Waals surface area contributed by atoms with E-state index in [1.807, 2.05) is 0 Å². The third kappa shape index (κ3) is 3.71. The molecule has 106 valence electrons. The van der Waals surface area contributed by atoms with E-state index in [0.717, 1.165) is 24.7 Å². The molecule has 2 unspecified atom stereocenters. The molecule has 2 N–H and O–H groups in total. The van der Waals surface area contributed by atoms with Crippen LogP contribution in [-0.4, -0.2) is 23.3 Å². The van der Waals surface area contributed by atoms with Gasteiger partial charge in [-0.3, -0.25) is 0 Å². The standard InChI is InChI=1S/C16H31NO/c1-13-9-14(2)11-16(10-13,12-18)17-15-7-5-3-4-6-8-15/h13-15,17-18H,3-12H2,1-2H3. The molecule has 2 saturated carbocycles. The van der Waals surface area contributed by atoms with E-state index in [1.54, 1.807) is 0 Å². The zero-order chi connectivity index (χ0) is 13.0. The lowest BCUT2D eigenvalue weighted by Crippen LogP contribution is -2.56. The molecular formula is C16H31NO. The van der Waals surface area contributed by atoms with Gasteiger partial charge in [0, 0.05) is 11.6 Å². The molecular weight excluding hydrogens is 222 g/mol.